The Hall–Kier alpha value is -6.79. The van der Waals surface area contributed by atoms with Gasteiger partial charge >= 0.3 is 0 Å². The molecular weight excluding hydrogens is 601 g/mol. The second-order valence-electron chi connectivity index (χ2n) is 12.2. The number of para-hydroxylation sites is 1. The van der Waals surface area contributed by atoms with Crippen LogP contribution in [-0.4, -0.2) is 29.3 Å². The van der Waals surface area contributed by atoms with Gasteiger partial charge in [-0.15, -0.1) is 0 Å². The lowest BCUT2D eigenvalue weighted by Gasteiger charge is -2.12. The second kappa shape index (κ2) is 10.9. The molecule has 0 N–H and O–H groups in total. The fourth-order valence-electron chi connectivity index (χ4n) is 6.97. The van der Waals surface area contributed by atoms with Crippen molar-refractivity contribution in [3.63, 3.8) is 0 Å². The number of rotatable bonds is 4. The van der Waals surface area contributed by atoms with Crippen molar-refractivity contribution in [3.05, 3.63) is 158 Å². The van der Waals surface area contributed by atoms with Crippen molar-refractivity contribution < 1.29 is 0 Å². The first kappa shape index (κ1) is 27.3. The molecule has 0 aliphatic heterocycles. The zero-order chi connectivity index (χ0) is 32.3. The molecule has 0 unspecified atom stereocenters. The van der Waals surface area contributed by atoms with Crippen molar-refractivity contribution in [1.82, 2.24) is 29.3 Å². The average molecular weight is 627 g/mol. The van der Waals surface area contributed by atoms with Crippen LogP contribution in [0.2, 0.25) is 0 Å². The molecule has 6 aromatic heterocycles. The molecule has 0 radical (unpaired) electrons. The summed E-state index contributed by atoms with van der Waals surface area (Å²) in [5.41, 5.74) is 11.8. The maximum atomic E-state index is 5.17. The lowest BCUT2D eigenvalue weighted by molar-refractivity contribution is 1.20. The molecule has 6 heteroatoms. The summed E-state index contributed by atoms with van der Waals surface area (Å²) in [5, 5.41) is 5.39. The Balaban J connectivity index is 1.04. The molecule has 0 amide bonds. The highest BCUT2D eigenvalue weighted by atomic mass is 15.0. The first-order chi connectivity index (χ1) is 24.3. The summed E-state index contributed by atoms with van der Waals surface area (Å²) in [6.45, 7) is 0. The quantitative estimate of drug-likeness (QED) is 0.182. The molecule has 10 rings (SSSR count). The fraction of sp³-hybridized carbons (Fsp3) is 0. The minimum atomic E-state index is 0.898. The van der Waals surface area contributed by atoms with E-state index in [9.17, 15) is 0 Å². The minimum Gasteiger partial charge on any atom is -0.306 e. The number of benzene rings is 4. The van der Waals surface area contributed by atoms with Gasteiger partial charge in [-0.1, -0.05) is 97.1 Å². The van der Waals surface area contributed by atoms with E-state index in [1.807, 2.05) is 55.0 Å². The van der Waals surface area contributed by atoms with Crippen LogP contribution >= 0.6 is 0 Å². The monoisotopic (exact) mass is 626 g/mol. The summed E-state index contributed by atoms with van der Waals surface area (Å²) in [6.07, 6.45) is 9.79. The Morgan fingerprint density at radius 2 is 1.27 bits per heavy atom. The highest BCUT2D eigenvalue weighted by molar-refractivity contribution is 6.16. The van der Waals surface area contributed by atoms with Crippen LogP contribution in [0.5, 0.6) is 0 Å². The van der Waals surface area contributed by atoms with E-state index in [-0.39, 0.29) is 0 Å². The van der Waals surface area contributed by atoms with Gasteiger partial charge in [0.15, 0.2) is 0 Å². The Bertz CT molecular complexity index is 2860. The van der Waals surface area contributed by atoms with E-state index < -0.39 is 0 Å². The second-order valence-corrected chi connectivity index (χ2v) is 12.2. The summed E-state index contributed by atoms with van der Waals surface area (Å²) in [5.74, 6) is 0. The number of hydrogen-bond acceptors (Lipinski definition) is 5. The van der Waals surface area contributed by atoms with E-state index in [0.29, 0.717) is 0 Å². The van der Waals surface area contributed by atoms with Crippen LogP contribution in [-0.2, 0) is 0 Å². The molecule has 10 aromatic rings. The van der Waals surface area contributed by atoms with Crippen molar-refractivity contribution in [2.45, 2.75) is 0 Å². The Morgan fingerprint density at radius 3 is 2.14 bits per heavy atom. The molecule has 0 aliphatic rings. The topological polar surface area (TPSA) is 68.9 Å². The molecule has 4 aromatic carbocycles. The zero-order valence-electron chi connectivity index (χ0n) is 26.2. The molecular formula is C43H26N6. The number of pyridine rings is 5. The van der Waals surface area contributed by atoms with Gasteiger partial charge in [-0.2, -0.15) is 0 Å². The average Bonchev–Trinajstić information content (AvgIpc) is 3.63. The molecule has 228 valence electrons. The van der Waals surface area contributed by atoms with Crippen LogP contribution in [0.1, 0.15) is 0 Å². The third kappa shape index (κ3) is 4.46. The summed E-state index contributed by atoms with van der Waals surface area (Å²) < 4.78 is 2.12. The van der Waals surface area contributed by atoms with E-state index >= 15 is 0 Å². The Kier molecular flexibility index (Phi) is 6.08. The van der Waals surface area contributed by atoms with Gasteiger partial charge < -0.3 is 4.40 Å². The molecule has 0 spiro atoms. The van der Waals surface area contributed by atoms with Crippen LogP contribution in [0, 0.1) is 0 Å². The van der Waals surface area contributed by atoms with E-state index in [2.05, 4.69) is 118 Å². The molecule has 49 heavy (non-hydrogen) atoms. The highest BCUT2D eigenvalue weighted by Gasteiger charge is 2.16. The number of aromatic nitrogens is 6. The normalized spacial score (nSPS) is 11.7. The lowest BCUT2D eigenvalue weighted by Crippen LogP contribution is -1.93. The van der Waals surface area contributed by atoms with Gasteiger partial charge in [0.05, 0.1) is 33.6 Å². The van der Waals surface area contributed by atoms with E-state index in [4.69, 9.17) is 15.0 Å². The maximum Gasteiger partial charge on any atom is 0.146 e. The number of hydrogen-bond donors (Lipinski definition) is 0. The van der Waals surface area contributed by atoms with Gasteiger partial charge in [0.2, 0.25) is 0 Å². The molecule has 0 fully saturated rings. The van der Waals surface area contributed by atoms with E-state index in [1.54, 1.807) is 0 Å². The van der Waals surface area contributed by atoms with Crippen molar-refractivity contribution in [2.75, 3.05) is 0 Å². The third-order valence-corrected chi connectivity index (χ3v) is 9.37. The van der Waals surface area contributed by atoms with Gasteiger partial charge in [0.1, 0.15) is 5.65 Å². The maximum absolute atomic E-state index is 5.17. The summed E-state index contributed by atoms with van der Waals surface area (Å²) >= 11 is 0. The van der Waals surface area contributed by atoms with E-state index in [0.717, 1.165) is 94.0 Å². The van der Waals surface area contributed by atoms with Crippen LogP contribution in [0.25, 0.3) is 94.0 Å². The number of imidazole rings is 1. The van der Waals surface area contributed by atoms with Gasteiger partial charge in [-0.25, -0.2) is 9.97 Å². The Morgan fingerprint density at radius 1 is 0.469 bits per heavy atom. The predicted octanol–water partition coefficient (Wildman–Crippen LogP) is 10.2. The molecule has 0 saturated carbocycles. The first-order valence-corrected chi connectivity index (χ1v) is 16.2. The predicted molar refractivity (Wildman–Crippen MR) is 198 cm³/mol. The Labute approximate surface area is 281 Å². The third-order valence-electron chi connectivity index (χ3n) is 9.37. The molecule has 0 saturated heterocycles. The van der Waals surface area contributed by atoms with Gasteiger partial charge in [-0.3, -0.25) is 15.0 Å². The summed E-state index contributed by atoms with van der Waals surface area (Å²) in [7, 11) is 0. The number of fused-ring (bicyclic) bond motifs is 8. The van der Waals surface area contributed by atoms with Gasteiger partial charge in [0.25, 0.3) is 0 Å². The SMILES string of the molecule is c1ccc(-c2cn3ccc4c(-c5ccc(-c6ccc(-c7ccnc8c7ccc7cccnc78)cn6)cc5)nc5ccccc5c4c3n2)cc1. The van der Waals surface area contributed by atoms with Crippen LogP contribution in [0.4, 0.5) is 0 Å². The molecule has 6 heterocycles. The number of nitrogens with zero attached hydrogens (tertiary/aromatic N) is 6. The highest BCUT2D eigenvalue weighted by Crippen LogP contribution is 2.37. The molecule has 0 atom stereocenters. The summed E-state index contributed by atoms with van der Waals surface area (Å²) in [4.78, 5) is 24.5. The summed E-state index contributed by atoms with van der Waals surface area (Å²) in [6, 6.07) is 43.8. The largest absolute Gasteiger partial charge is 0.306 e. The van der Waals surface area contributed by atoms with Crippen LogP contribution in [0.15, 0.2) is 158 Å². The fourth-order valence-corrected chi connectivity index (χ4v) is 6.97. The van der Waals surface area contributed by atoms with Gasteiger partial charge in [-0.05, 0) is 35.9 Å². The van der Waals surface area contributed by atoms with Crippen molar-refractivity contribution >= 4 is 49.1 Å². The van der Waals surface area contributed by atoms with Crippen molar-refractivity contribution in [3.8, 4) is 44.9 Å². The standard InChI is InChI=1S/C43H26N6/c1-2-7-27(8-3-1)38-26-49-24-21-35-39(43(49)48-38)34-10-4-5-11-37(34)47-40(35)30-14-12-28(13-15-30)36-19-17-31(25-46-36)32-20-23-45-42-33(32)18-16-29-9-6-22-44-41(29)42/h1-26H. The zero-order valence-corrected chi connectivity index (χ0v) is 26.2. The van der Waals surface area contributed by atoms with Crippen LogP contribution < -0.4 is 0 Å². The first-order valence-electron chi connectivity index (χ1n) is 16.2. The minimum absolute atomic E-state index is 0.898. The van der Waals surface area contributed by atoms with Crippen LogP contribution in [0.3, 0.4) is 0 Å². The molecule has 0 aliphatic carbocycles. The van der Waals surface area contributed by atoms with E-state index in [1.165, 1.54) is 0 Å². The van der Waals surface area contributed by atoms with Crippen molar-refractivity contribution in [1.29, 1.82) is 0 Å². The lowest BCUT2D eigenvalue weighted by atomic mass is 9.99. The molecule has 6 nitrogen and oxygen atoms in total. The van der Waals surface area contributed by atoms with Gasteiger partial charge in [0, 0.05) is 80.2 Å². The van der Waals surface area contributed by atoms with Crippen molar-refractivity contribution in [2.24, 2.45) is 0 Å². The smallest absolute Gasteiger partial charge is 0.146 e. The molecule has 0 bridgehead atoms.